The van der Waals surface area contributed by atoms with Crippen LogP contribution < -0.4 is 20.1 Å². The molecule has 2 aromatic carbocycles. The number of alkyl halides is 2. The van der Waals surface area contributed by atoms with E-state index in [1.807, 2.05) is 0 Å². The maximum absolute atomic E-state index is 12.7. The lowest BCUT2D eigenvalue weighted by Gasteiger charge is -2.14. The Balaban J connectivity index is 2.19. The fourth-order valence-electron chi connectivity index (χ4n) is 2.40. The van der Waals surface area contributed by atoms with Crippen LogP contribution in [0.4, 0.5) is 14.5 Å². The van der Waals surface area contributed by atoms with Gasteiger partial charge in [-0.3, -0.25) is 9.59 Å². The molecule has 0 aromatic heterocycles. The van der Waals surface area contributed by atoms with Crippen LogP contribution in [0.25, 0.3) is 0 Å². The summed E-state index contributed by atoms with van der Waals surface area (Å²) in [7, 11) is 2.78. The van der Waals surface area contributed by atoms with E-state index in [0.29, 0.717) is 13.2 Å². The number of nitrogens with one attached hydrogen (secondary N) is 2. The molecule has 2 aromatic rings. The molecule has 0 aliphatic rings. The smallest absolute Gasteiger partial charge is 0.387 e. The molecule has 0 aliphatic carbocycles. The van der Waals surface area contributed by atoms with Crippen molar-refractivity contribution in [2.45, 2.75) is 6.61 Å². The van der Waals surface area contributed by atoms with Gasteiger partial charge in [0, 0.05) is 19.3 Å². The molecular formula is C19H19ClF2N2O5. The van der Waals surface area contributed by atoms with Gasteiger partial charge in [-0.25, -0.2) is 0 Å². The summed E-state index contributed by atoms with van der Waals surface area (Å²) < 4.78 is 39.7. The maximum Gasteiger partial charge on any atom is 0.387 e. The Kier molecular flexibility index (Phi) is 8.17. The van der Waals surface area contributed by atoms with Crippen LogP contribution >= 0.6 is 11.6 Å². The number of amides is 2. The lowest BCUT2D eigenvalue weighted by molar-refractivity contribution is -0.0515. The van der Waals surface area contributed by atoms with Gasteiger partial charge in [-0.15, -0.1) is 0 Å². The lowest BCUT2D eigenvalue weighted by atomic mass is 10.1. The number of para-hydroxylation sites is 1. The largest absolute Gasteiger partial charge is 0.493 e. The van der Waals surface area contributed by atoms with Crippen LogP contribution in [0.1, 0.15) is 20.7 Å². The van der Waals surface area contributed by atoms with Crippen molar-refractivity contribution in [1.29, 1.82) is 0 Å². The predicted molar refractivity (Wildman–Crippen MR) is 103 cm³/mol. The predicted octanol–water partition coefficient (Wildman–Crippen LogP) is 3.58. The second-order valence-corrected chi connectivity index (χ2v) is 6.02. The molecule has 0 saturated heterocycles. The Morgan fingerprint density at radius 1 is 1.10 bits per heavy atom. The van der Waals surface area contributed by atoms with Crippen LogP contribution in [0.15, 0.2) is 36.4 Å². The van der Waals surface area contributed by atoms with Crippen molar-refractivity contribution in [2.75, 3.05) is 32.7 Å². The van der Waals surface area contributed by atoms with Crippen molar-refractivity contribution in [1.82, 2.24) is 5.32 Å². The zero-order valence-corrected chi connectivity index (χ0v) is 16.4. The highest BCUT2D eigenvalue weighted by molar-refractivity contribution is 6.34. The number of ether oxygens (including phenoxy) is 3. The average Bonchev–Trinajstić information content (AvgIpc) is 2.67. The van der Waals surface area contributed by atoms with Crippen molar-refractivity contribution < 1.29 is 32.6 Å². The Morgan fingerprint density at radius 2 is 1.86 bits per heavy atom. The third kappa shape index (κ3) is 6.03. The standard InChI is InChI=1S/C19H19ClF2N2O5/c1-27-9-8-23-17(25)12-7-6-11(10-14(12)20)24-18(26)13-4-3-5-15(28-2)16(13)29-19(21)22/h3-7,10,19H,8-9H2,1-2H3,(H,23,25)(H,24,26). The number of carbonyl (C=O) groups is 2. The van der Waals surface area contributed by atoms with Crippen LogP contribution in [0.2, 0.25) is 5.02 Å². The van der Waals surface area contributed by atoms with Crippen molar-refractivity contribution in [2.24, 2.45) is 0 Å². The number of methoxy groups -OCH3 is 2. The third-order valence-corrected chi connectivity index (χ3v) is 4.03. The summed E-state index contributed by atoms with van der Waals surface area (Å²) >= 11 is 6.13. The van der Waals surface area contributed by atoms with E-state index in [0.717, 1.165) is 0 Å². The topological polar surface area (TPSA) is 85.9 Å². The van der Waals surface area contributed by atoms with Gasteiger partial charge in [0.2, 0.25) is 0 Å². The van der Waals surface area contributed by atoms with E-state index in [9.17, 15) is 18.4 Å². The normalized spacial score (nSPS) is 10.6. The van der Waals surface area contributed by atoms with E-state index in [4.69, 9.17) is 21.1 Å². The van der Waals surface area contributed by atoms with E-state index in [-0.39, 0.29) is 33.3 Å². The minimum Gasteiger partial charge on any atom is -0.493 e. The molecule has 2 amide bonds. The summed E-state index contributed by atoms with van der Waals surface area (Å²) in [6.45, 7) is -2.48. The van der Waals surface area contributed by atoms with Crippen LogP contribution in [0, 0.1) is 0 Å². The summed E-state index contributed by atoms with van der Waals surface area (Å²) in [5.41, 5.74) is 0.324. The summed E-state index contributed by atoms with van der Waals surface area (Å²) in [6.07, 6.45) is 0. The molecule has 10 heteroatoms. The van der Waals surface area contributed by atoms with Crippen molar-refractivity contribution in [3.05, 3.63) is 52.5 Å². The van der Waals surface area contributed by atoms with E-state index in [1.165, 1.54) is 50.6 Å². The van der Waals surface area contributed by atoms with Crippen LogP contribution in [0.3, 0.4) is 0 Å². The molecule has 7 nitrogen and oxygen atoms in total. The number of halogens is 3. The molecule has 0 spiro atoms. The number of benzene rings is 2. The molecule has 0 bridgehead atoms. The number of hydrogen-bond donors (Lipinski definition) is 2. The van der Waals surface area contributed by atoms with E-state index in [1.54, 1.807) is 0 Å². The highest BCUT2D eigenvalue weighted by Crippen LogP contribution is 2.33. The Bertz CT molecular complexity index is 880. The first kappa shape index (κ1) is 22.4. The van der Waals surface area contributed by atoms with Gasteiger partial charge in [-0.05, 0) is 30.3 Å². The van der Waals surface area contributed by atoms with Crippen molar-refractivity contribution >= 4 is 29.1 Å². The lowest BCUT2D eigenvalue weighted by Crippen LogP contribution is -2.27. The first-order valence-corrected chi connectivity index (χ1v) is 8.75. The van der Waals surface area contributed by atoms with Gasteiger partial charge in [0.1, 0.15) is 0 Å². The average molecular weight is 429 g/mol. The SMILES string of the molecule is COCCNC(=O)c1ccc(NC(=O)c2cccc(OC)c2OC(F)F)cc1Cl. The molecule has 29 heavy (non-hydrogen) atoms. The fraction of sp³-hybridized carbons (Fsp3) is 0.263. The van der Waals surface area contributed by atoms with Crippen molar-refractivity contribution in [3.8, 4) is 11.5 Å². The summed E-state index contributed by atoms with van der Waals surface area (Å²) in [5, 5.41) is 5.26. The summed E-state index contributed by atoms with van der Waals surface area (Å²) in [4.78, 5) is 24.6. The number of carbonyl (C=O) groups excluding carboxylic acids is 2. The highest BCUT2D eigenvalue weighted by Gasteiger charge is 2.21. The Labute approximate surface area is 170 Å². The van der Waals surface area contributed by atoms with Gasteiger partial charge in [-0.2, -0.15) is 8.78 Å². The van der Waals surface area contributed by atoms with Gasteiger partial charge < -0.3 is 24.8 Å². The van der Waals surface area contributed by atoms with Gasteiger partial charge in [-0.1, -0.05) is 17.7 Å². The second kappa shape index (κ2) is 10.6. The zero-order valence-electron chi connectivity index (χ0n) is 15.6. The molecule has 0 unspecified atom stereocenters. The Morgan fingerprint density at radius 3 is 2.48 bits per heavy atom. The monoisotopic (exact) mass is 428 g/mol. The van der Waals surface area contributed by atoms with Gasteiger partial charge in [0.05, 0.1) is 29.9 Å². The molecule has 2 N–H and O–H groups in total. The quantitative estimate of drug-likeness (QED) is 0.596. The van der Waals surface area contributed by atoms with E-state index >= 15 is 0 Å². The molecule has 0 aliphatic heterocycles. The maximum atomic E-state index is 12.7. The summed E-state index contributed by atoms with van der Waals surface area (Å²) in [5.74, 6) is -1.51. The number of anilines is 1. The van der Waals surface area contributed by atoms with Crippen LogP contribution in [-0.2, 0) is 4.74 Å². The fourth-order valence-corrected chi connectivity index (χ4v) is 2.67. The van der Waals surface area contributed by atoms with Crippen LogP contribution in [0.5, 0.6) is 11.5 Å². The van der Waals surface area contributed by atoms with Gasteiger partial charge in [0.25, 0.3) is 11.8 Å². The minimum atomic E-state index is -3.14. The minimum absolute atomic E-state index is 0.0148. The third-order valence-electron chi connectivity index (χ3n) is 3.71. The second-order valence-electron chi connectivity index (χ2n) is 5.61. The molecule has 0 atom stereocenters. The number of hydrogen-bond acceptors (Lipinski definition) is 5. The number of rotatable bonds is 9. The first-order valence-electron chi connectivity index (χ1n) is 8.37. The van der Waals surface area contributed by atoms with Gasteiger partial charge in [0.15, 0.2) is 11.5 Å². The molecule has 0 saturated carbocycles. The van der Waals surface area contributed by atoms with Crippen molar-refractivity contribution in [3.63, 3.8) is 0 Å². The van der Waals surface area contributed by atoms with E-state index in [2.05, 4.69) is 15.4 Å². The summed E-state index contributed by atoms with van der Waals surface area (Å²) in [6, 6.07) is 8.44. The van der Waals surface area contributed by atoms with Crippen LogP contribution in [-0.4, -0.2) is 45.8 Å². The molecular weight excluding hydrogens is 410 g/mol. The van der Waals surface area contributed by atoms with E-state index < -0.39 is 18.4 Å². The van der Waals surface area contributed by atoms with Gasteiger partial charge >= 0.3 is 6.61 Å². The Hall–Kier alpha value is -2.91. The zero-order chi connectivity index (χ0) is 21.4. The molecule has 0 radical (unpaired) electrons. The first-order chi connectivity index (χ1) is 13.9. The molecule has 0 heterocycles. The molecule has 0 fully saturated rings. The molecule has 2 rings (SSSR count). The molecule has 156 valence electrons. The highest BCUT2D eigenvalue weighted by atomic mass is 35.5.